The zero-order valence-electron chi connectivity index (χ0n) is 7.22. The van der Waals surface area contributed by atoms with Crippen molar-refractivity contribution in [2.75, 3.05) is 0 Å². The fraction of sp³-hybridized carbons (Fsp3) is 0.222. The van der Waals surface area contributed by atoms with Crippen LogP contribution in [0.3, 0.4) is 0 Å². The number of phenols is 1. The van der Waals surface area contributed by atoms with E-state index < -0.39 is 16.8 Å². The van der Waals surface area contributed by atoms with E-state index in [-0.39, 0.29) is 5.75 Å². The van der Waals surface area contributed by atoms with Crippen molar-refractivity contribution in [1.82, 2.24) is 0 Å². The normalized spacial score (nSPS) is 14.7. The molecule has 0 aliphatic carbocycles. The van der Waals surface area contributed by atoms with Crippen LogP contribution >= 0.6 is 15.9 Å². The third-order valence-electron chi connectivity index (χ3n) is 1.81. The molecule has 0 aromatic heterocycles. The Balaban J connectivity index is 2.84. The molecule has 0 heterocycles. The van der Waals surface area contributed by atoms with Gasteiger partial charge in [0.25, 0.3) is 0 Å². The van der Waals surface area contributed by atoms with Crippen LogP contribution < -0.4 is 5.73 Å². The molecule has 0 amide bonds. The maximum atomic E-state index is 10.6. The summed E-state index contributed by atoms with van der Waals surface area (Å²) in [6.45, 7) is 0. The molecular weight excluding hydrogens is 250 g/mol. The van der Waals surface area contributed by atoms with Crippen molar-refractivity contribution in [3.63, 3.8) is 0 Å². The summed E-state index contributed by atoms with van der Waals surface area (Å²) < 4.78 is 0. The molecule has 0 aliphatic rings. The highest BCUT2D eigenvalue weighted by atomic mass is 79.9. The lowest BCUT2D eigenvalue weighted by molar-refractivity contribution is -0.138. The minimum absolute atomic E-state index is 0.136. The minimum Gasteiger partial charge on any atom is -0.508 e. The van der Waals surface area contributed by atoms with Gasteiger partial charge in [0.1, 0.15) is 11.8 Å². The fourth-order valence-corrected chi connectivity index (χ4v) is 1.52. The molecule has 4 nitrogen and oxygen atoms in total. The largest absolute Gasteiger partial charge is 0.508 e. The lowest BCUT2D eigenvalue weighted by Crippen LogP contribution is -2.33. The van der Waals surface area contributed by atoms with Crippen molar-refractivity contribution in [2.45, 2.75) is 10.9 Å². The standard InChI is InChI=1S/C9H10BrNO3/c10-7(8(11)9(13)14)5-1-3-6(12)4-2-5/h1-4,7-8,12H,11H2,(H,13,14)/t7?,8-/m0/s1. The number of halogens is 1. The minimum atomic E-state index is -1.07. The summed E-state index contributed by atoms with van der Waals surface area (Å²) in [5.41, 5.74) is 6.14. The van der Waals surface area contributed by atoms with Crippen LogP contribution in [-0.2, 0) is 4.79 Å². The molecule has 0 spiro atoms. The maximum Gasteiger partial charge on any atom is 0.321 e. The highest BCUT2D eigenvalue weighted by Crippen LogP contribution is 2.26. The Morgan fingerprint density at radius 3 is 2.29 bits per heavy atom. The Kier molecular flexibility index (Phi) is 3.49. The molecule has 1 aromatic carbocycles. The molecule has 1 rings (SSSR count). The molecule has 76 valence electrons. The van der Waals surface area contributed by atoms with Gasteiger partial charge in [-0.15, -0.1) is 0 Å². The third-order valence-corrected chi connectivity index (χ3v) is 2.91. The highest BCUT2D eigenvalue weighted by molar-refractivity contribution is 9.09. The first-order valence-corrected chi connectivity index (χ1v) is 4.85. The Morgan fingerprint density at radius 2 is 1.86 bits per heavy atom. The van der Waals surface area contributed by atoms with Crippen LogP contribution in [0.25, 0.3) is 0 Å². The molecule has 1 unspecified atom stereocenters. The molecular formula is C9H10BrNO3. The van der Waals surface area contributed by atoms with Gasteiger partial charge in [-0.2, -0.15) is 0 Å². The van der Waals surface area contributed by atoms with Crippen molar-refractivity contribution >= 4 is 21.9 Å². The number of rotatable bonds is 3. The first-order chi connectivity index (χ1) is 6.52. The van der Waals surface area contributed by atoms with Crippen molar-refractivity contribution in [2.24, 2.45) is 5.73 Å². The van der Waals surface area contributed by atoms with Crippen molar-refractivity contribution in [3.8, 4) is 5.75 Å². The SMILES string of the molecule is N[C@H](C(=O)O)C(Br)c1ccc(O)cc1. The second-order valence-electron chi connectivity index (χ2n) is 2.86. The summed E-state index contributed by atoms with van der Waals surface area (Å²) in [6.07, 6.45) is 0. The van der Waals surface area contributed by atoms with Crippen LogP contribution in [0, 0.1) is 0 Å². The first-order valence-electron chi connectivity index (χ1n) is 3.93. The maximum absolute atomic E-state index is 10.6. The van der Waals surface area contributed by atoms with Gasteiger partial charge in [-0.05, 0) is 17.7 Å². The van der Waals surface area contributed by atoms with E-state index in [1.165, 1.54) is 12.1 Å². The second-order valence-corrected chi connectivity index (χ2v) is 3.84. The number of carbonyl (C=O) groups is 1. The fourth-order valence-electron chi connectivity index (χ4n) is 0.991. The lowest BCUT2D eigenvalue weighted by atomic mass is 10.1. The number of aliphatic carboxylic acids is 1. The number of hydrogen-bond donors (Lipinski definition) is 3. The smallest absolute Gasteiger partial charge is 0.321 e. The third kappa shape index (κ3) is 2.46. The Bertz CT molecular complexity index is 325. The molecule has 14 heavy (non-hydrogen) atoms. The predicted molar refractivity (Wildman–Crippen MR) is 55.4 cm³/mol. The molecule has 0 aliphatic heterocycles. The van der Waals surface area contributed by atoms with E-state index in [0.29, 0.717) is 0 Å². The van der Waals surface area contributed by atoms with Gasteiger partial charge in [0, 0.05) is 0 Å². The summed E-state index contributed by atoms with van der Waals surface area (Å²) in [7, 11) is 0. The van der Waals surface area contributed by atoms with Gasteiger partial charge in [0.15, 0.2) is 0 Å². The van der Waals surface area contributed by atoms with E-state index in [1.807, 2.05) is 0 Å². The number of alkyl halides is 1. The number of aromatic hydroxyl groups is 1. The van der Waals surface area contributed by atoms with E-state index in [4.69, 9.17) is 15.9 Å². The van der Waals surface area contributed by atoms with Crippen molar-refractivity contribution < 1.29 is 15.0 Å². The number of nitrogens with two attached hydrogens (primary N) is 1. The lowest BCUT2D eigenvalue weighted by Gasteiger charge is -2.14. The summed E-state index contributed by atoms with van der Waals surface area (Å²) >= 11 is 3.19. The summed E-state index contributed by atoms with van der Waals surface area (Å²) in [4.78, 5) is 10.1. The van der Waals surface area contributed by atoms with E-state index in [0.717, 1.165) is 5.56 Å². The topological polar surface area (TPSA) is 83.6 Å². The highest BCUT2D eigenvalue weighted by Gasteiger charge is 2.22. The quantitative estimate of drug-likeness (QED) is 0.714. The molecule has 0 saturated carbocycles. The van der Waals surface area contributed by atoms with Gasteiger partial charge < -0.3 is 15.9 Å². The Labute approximate surface area is 89.5 Å². The molecule has 0 fully saturated rings. The number of phenolic OH excluding ortho intramolecular Hbond substituents is 1. The number of benzene rings is 1. The second kappa shape index (κ2) is 4.43. The van der Waals surface area contributed by atoms with E-state index in [1.54, 1.807) is 12.1 Å². The summed E-state index contributed by atoms with van der Waals surface area (Å²) in [5, 5.41) is 17.7. The van der Waals surface area contributed by atoms with Gasteiger partial charge >= 0.3 is 5.97 Å². The van der Waals surface area contributed by atoms with E-state index >= 15 is 0 Å². The first kappa shape index (κ1) is 11.0. The zero-order valence-corrected chi connectivity index (χ0v) is 8.81. The van der Waals surface area contributed by atoms with Crippen molar-refractivity contribution in [1.29, 1.82) is 0 Å². The predicted octanol–water partition coefficient (Wildman–Crippen LogP) is 1.24. The van der Waals surface area contributed by atoms with Gasteiger partial charge in [-0.25, -0.2) is 0 Å². The molecule has 0 bridgehead atoms. The number of carboxylic acids is 1. The van der Waals surface area contributed by atoms with Gasteiger partial charge in [-0.1, -0.05) is 28.1 Å². The summed E-state index contributed by atoms with van der Waals surface area (Å²) in [5.74, 6) is -0.933. The average molecular weight is 260 g/mol. The van der Waals surface area contributed by atoms with Crippen molar-refractivity contribution in [3.05, 3.63) is 29.8 Å². The molecule has 2 atom stereocenters. The van der Waals surface area contributed by atoms with Crippen LogP contribution in [0.4, 0.5) is 0 Å². The van der Waals surface area contributed by atoms with Gasteiger partial charge in [0.2, 0.25) is 0 Å². The Hall–Kier alpha value is -1.07. The van der Waals surface area contributed by atoms with E-state index in [9.17, 15) is 4.79 Å². The van der Waals surface area contributed by atoms with Gasteiger partial charge in [0.05, 0.1) is 4.83 Å². The number of carboxylic acid groups (broad SMARTS) is 1. The summed E-state index contributed by atoms with van der Waals surface area (Å²) in [6, 6.07) is 5.21. The zero-order chi connectivity index (χ0) is 10.7. The molecule has 5 heteroatoms. The number of hydrogen-bond acceptors (Lipinski definition) is 3. The molecule has 0 saturated heterocycles. The van der Waals surface area contributed by atoms with E-state index in [2.05, 4.69) is 15.9 Å². The van der Waals surface area contributed by atoms with Crippen LogP contribution in [0.2, 0.25) is 0 Å². The molecule has 1 aromatic rings. The van der Waals surface area contributed by atoms with Crippen LogP contribution in [0.1, 0.15) is 10.4 Å². The monoisotopic (exact) mass is 259 g/mol. The van der Waals surface area contributed by atoms with Crippen LogP contribution in [0.15, 0.2) is 24.3 Å². The van der Waals surface area contributed by atoms with Crippen LogP contribution in [-0.4, -0.2) is 22.2 Å². The van der Waals surface area contributed by atoms with Crippen LogP contribution in [0.5, 0.6) is 5.75 Å². The molecule has 0 radical (unpaired) electrons. The molecule has 4 N–H and O–H groups in total. The average Bonchev–Trinajstić information content (AvgIpc) is 2.16. The Morgan fingerprint density at radius 1 is 1.36 bits per heavy atom. The van der Waals surface area contributed by atoms with Gasteiger partial charge in [-0.3, -0.25) is 4.79 Å².